The lowest BCUT2D eigenvalue weighted by Gasteiger charge is -2.17. The molecular weight excluding hydrogens is 272 g/mol. The monoisotopic (exact) mass is 304 g/mol. The molecule has 0 aromatic heterocycles. The Morgan fingerprint density at radius 2 is 0.864 bits per heavy atom. The summed E-state index contributed by atoms with van der Waals surface area (Å²) in [6.45, 7) is 6.36. The fraction of sp³-hybridized carbons (Fsp3) is 0.600. The Balaban J connectivity index is 0.000000224. The van der Waals surface area contributed by atoms with Crippen LogP contribution in [0.25, 0.3) is 0 Å². The number of allylic oxidation sites excluding steroid dienone is 7. The second kappa shape index (κ2) is 10.6. The van der Waals surface area contributed by atoms with Crippen LogP contribution in [0.5, 0.6) is 0 Å². The van der Waals surface area contributed by atoms with E-state index in [-0.39, 0.29) is 0 Å². The van der Waals surface area contributed by atoms with Gasteiger partial charge in [-0.2, -0.15) is 0 Å². The van der Waals surface area contributed by atoms with Crippen molar-refractivity contribution < 1.29 is 10.2 Å². The highest BCUT2D eigenvalue weighted by atomic mass is 16.5. The Labute approximate surface area is 135 Å². The quantitative estimate of drug-likeness (QED) is 0.516. The smallest absolute Gasteiger partial charge is 0.171 e. The minimum atomic E-state index is -1.27. The highest BCUT2D eigenvalue weighted by molar-refractivity contribution is 5.16. The maximum atomic E-state index is 8.69. The number of aliphatic hydroxyl groups excluding tert-OH is 1. The predicted octanol–water partition coefficient (Wildman–Crippen LogP) is 5.20. The van der Waals surface area contributed by atoms with Crippen LogP contribution in [0.2, 0.25) is 0 Å². The molecule has 0 aliphatic heterocycles. The summed E-state index contributed by atoms with van der Waals surface area (Å²) >= 11 is 0. The Morgan fingerprint density at radius 1 is 0.591 bits per heavy atom. The van der Waals surface area contributed by atoms with E-state index >= 15 is 0 Å². The fourth-order valence-corrected chi connectivity index (χ4v) is 3.03. The zero-order valence-corrected chi connectivity index (χ0v) is 14.4. The summed E-state index contributed by atoms with van der Waals surface area (Å²) in [4.78, 5) is 0. The lowest BCUT2D eigenvalue weighted by Crippen LogP contribution is -2.04. The molecule has 0 radical (unpaired) electrons. The molecule has 2 heteroatoms. The van der Waals surface area contributed by atoms with Crippen LogP contribution in [-0.2, 0) is 0 Å². The molecule has 2 saturated carbocycles. The van der Waals surface area contributed by atoms with Gasteiger partial charge in [0.1, 0.15) is 0 Å². The van der Waals surface area contributed by atoms with E-state index in [1.807, 2.05) is 0 Å². The van der Waals surface area contributed by atoms with E-state index in [4.69, 9.17) is 10.2 Å². The molecule has 0 saturated heterocycles. The van der Waals surface area contributed by atoms with Gasteiger partial charge in [0.05, 0.1) is 0 Å². The second-order valence-electron chi connectivity index (χ2n) is 6.08. The Kier molecular flexibility index (Phi) is 9.10. The van der Waals surface area contributed by atoms with Crippen LogP contribution < -0.4 is 0 Å². The molecule has 2 rings (SSSR count). The van der Waals surface area contributed by atoms with Gasteiger partial charge in [0.25, 0.3) is 0 Å². The van der Waals surface area contributed by atoms with Crippen molar-refractivity contribution in [3.63, 3.8) is 0 Å². The molecule has 22 heavy (non-hydrogen) atoms. The van der Waals surface area contributed by atoms with E-state index in [0.717, 1.165) is 25.7 Å². The maximum Gasteiger partial charge on any atom is 0.171 e. The van der Waals surface area contributed by atoms with Crippen LogP contribution in [0.4, 0.5) is 0 Å². The summed E-state index contributed by atoms with van der Waals surface area (Å²) in [6.07, 6.45) is 16.3. The third-order valence-electron chi connectivity index (χ3n) is 4.68. The van der Waals surface area contributed by atoms with E-state index in [9.17, 15) is 0 Å². The molecule has 0 bridgehead atoms. The normalized spacial score (nSPS) is 18.6. The van der Waals surface area contributed by atoms with Crippen molar-refractivity contribution in [1.29, 1.82) is 0 Å². The number of hydrogen-bond acceptors (Lipinski definition) is 2. The van der Waals surface area contributed by atoms with E-state index in [1.165, 1.54) is 36.8 Å². The van der Waals surface area contributed by atoms with Crippen molar-refractivity contribution in [3.8, 4) is 0 Å². The number of aliphatic hydroxyl groups is 2. The van der Waals surface area contributed by atoms with E-state index < -0.39 is 6.29 Å². The van der Waals surface area contributed by atoms with E-state index in [0.29, 0.717) is 0 Å². The highest BCUT2D eigenvalue weighted by Gasteiger charge is 2.09. The standard InChI is InChI=1S/C10H16O2.C10H16/c1-2-8-3-5-9(6-4-8)7-10(11)12;1-3-9-5-7-10(4-2)8-6-9/h2,7,10-12H,3-6H2,1H3;3-4H,5-8H2,1-2H3. The first kappa shape index (κ1) is 18.9. The van der Waals surface area contributed by atoms with Crippen molar-refractivity contribution >= 4 is 0 Å². The van der Waals surface area contributed by atoms with Crippen molar-refractivity contribution in [1.82, 2.24) is 0 Å². The van der Waals surface area contributed by atoms with Gasteiger partial charge in [-0.3, -0.25) is 0 Å². The third kappa shape index (κ3) is 7.24. The van der Waals surface area contributed by atoms with Gasteiger partial charge in [0.15, 0.2) is 6.29 Å². The lowest BCUT2D eigenvalue weighted by atomic mass is 9.90. The predicted molar refractivity (Wildman–Crippen MR) is 94.5 cm³/mol. The second-order valence-corrected chi connectivity index (χ2v) is 6.08. The average molecular weight is 304 g/mol. The molecule has 2 aliphatic rings. The molecule has 2 N–H and O–H groups in total. The minimum absolute atomic E-state index is 0.983. The fourth-order valence-electron chi connectivity index (χ4n) is 3.03. The van der Waals surface area contributed by atoms with E-state index in [1.54, 1.807) is 17.2 Å². The van der Waals surface area contributed by atoms with Crippen LogP contribution in [0.15, 0.2) is 46.6 Å². The van der Waals surface area contributed by atoms with Gasteiger partial charge in [-0.15, -0.1) is 0 Å². The number of rotatable bonds is 1. The van der Waals surface area contributed by atoms with Crippen molar-refractivity contribution in [2.75, 3.05) is 0 Å². The SMILES string of the molecule is CC=C1CCC(=CC(O)O)CC1.CC=C1CCC(=CC)CC1. The Morgan fingerprint density at radius 3 is 1.09 bits per heavy atom. The van der Waals surface area contributed by atoms with Gasteiger partial charge in [-0.25, -0.2) is 0 Å². The van der Waals surface area contributed by atoms with Crippen LogP contribution in [0.3, 0.4) is 0 Å². The molecule has 124 valence electrons. The van der Waals surface area contributed by atoms with E-state index in [2.05, 4.69) is 39.0 Å². The van der Waals surface area contributed by atoms with Gasteiger partial charge < -0.3 is 10.2 Å². The van der Waals surface area contributed by atoms with Crippen LogP contribution in [-0.4, -0.2) is 16.5 Å². The van der Waals surface area contributed by atoms with Crippen molar-refractivity contribution in [3.05, 3.63) is 46.6 Å². The Hall–Kier alpha value is -1.12. The van der Waals surface area contributed by atoms with Crippen LogP contribution in [0.1, 0.15) is 72.1 Å². The number of hydrogen-bond donors (Lipinski definition) is 2. The zero-order valence-electron chi connectivity index (χ0n) is 14.4. The molecule has 2 aliphatic carbocycles. The molecule has 0 atom stereocenters. The summed E-state index contributed by atoms with van der Waals surface area (Å²) in [5.41, 5.74) is 5.95. The molecule has 0 aromatic carbocycles. The van der Waals surface area contributed by atoms with Gasteiger partial charge in [0, 0.05) is 0 Å². The molecule has 0 unspecified atom stereocenters. The largest absolute Gasteiger partial charge is 0.365 e. The molecular formula is C20H32O2. The summed E-state index contributed by atoms with van der Waals surface area (Å²) in [5, 5.41) is 17.4. The Bertz CT molecular complexity index is 406. The maximum absolute atomic E-state index is 8.69. The van der Waals surface area contributed by atoms with Crippen LogP contribution >= 0.6 is 0 Å². The van der Waals surface area contributed by atoms with Crippen molar-refractivity contribution in [2.24, 2.45) is 0 Å². The summed E-state index contributed by atoms with van der Waals surface area (Å²) in [6, 6.07) is 0. The summed E-state index contributed by atoms with van der Waals surface area (Å²) in [7, 11) is 0. The topological polar surface area (TPSA) is 40.5 Å². The molecule has 0 spiro atoms. The third-order valence-corrected chi connectivity index (χ3v) is 4.68. The van der Waals surface area contributed by atoms with Crippen LogP contribution in [0, 0.1) is 0 Å². The van der Waals surface area contributed by atoms with Crippen molar-refractivity contribution in [2.45, 2.75) is 78.4 Å². The van der Waals surface area contributed by atoms with Gasteiger partial charge in [-0.1, -0.05) is 40.5 Å². The molecule has 0 heterocycles. The molecule has 2 nitrogen and oxygen atoms in total. The molecule has 2 fully saturated rings. The van der Waals surface area contributed by atoms with Gasteiger partial charge >= 0.3 is 0 Å². The first-order valence-corrected chi connectivity index (χ1v) is 8.56. The summed E-state index contributed by atoms with van der Waals surface area (Å²) < 4.78 is 0. The van der Waals surface area contributed by atoms with Gasteiger partial charge in [0.2, 0.25) is 0 Å². The summed E-state index contributed by atoms with van der Waals surface area (Å²) in [5.74, 6) is 0. The highest BCUT2D eigenvalue weighted by Crippen LogP contribution is 2.27. The minimum Gasteiger partial charge on any atom is -0.365 e. The van der Waals surface area contributed by atoms with Gasteiger partial charge in [-0.05, 0) is 78.2 Å². The molecule has 0 amide bonds. The first-order chi connectivity index (χ1) is 10.6. The average Bonchev–Trinajstić information content (AvgIpc) is 2.55. The zero-order chi connectivity index (χ0) is 16.4. The lowest BCUT2D eigenvalue weighted by molar-refractivity contribution is 0.00142. The first-order valence-electron chi connectivity index (χ1n) is 8.56. The molecule has 0 aromatic rings.